The number of hydrogen-bond donors (Lipinski definition) is 1. The van der Waals surface area contributed by atoms with Crippen LogP contribution in [0.2, 0.25) is 5.02 Å². The first-order chi connectivity index (χ1) is 15.7. The lowest BCUT2D eigenvalue weighted by molar-refractivity contribution is 0.0697. The van der Waals surface area contributed by atoms with Crippen LogP contribution in [0.1, 0.15) is 26.8 Å². The second kappa shape index (κ2) is 8.66. The first-order valence-electron chi connectivity index (χ1n) is 10.9. The number of sulfonamides is 1. The number of nitrogens with zero attached hydrogens (tertiary/aromatic N) is 4. The van der Waals surface area contributed by atoms with Crippen molar-refractivity contribution in [3.05, 3.63) is 44.9 Å². The minimum Gasteiger partial charge on any atom is -0.345 e. The summed E-state index contributed by atoms with van der Waals surface area (Å²) in [4.78, 5) is 25.8. The number of hydrogen-bond acceptors (Lipinski definition) is 6. The average molecular weight is 508 g/mol. The van der Waals surface area contributed by atoms with E-state index in [9.17, 15) is 13.2 Å². The summed E-state index contributed by atoms with van der Waals surface area (Å²) in [6, 6.07) is 7.31. The lowest BCUT2D eigenvalue weighted by atomic mass is 9.97. The molecular weight excluding hydrogens is 482 g/mol. The Kier molecular flexibility index (Phi) is 5.98. The highest BCUT2D eigenvalue weighted by Crippen LogP contribution is 2.30. The number of thiazole rings is 1. The summed E-state index contributed by atoms with van der Waals surface area (Å²) < 4.78 is 27.7. The fourth-order valence-electron chi connectivity index (χ4n) is 4.51. The molecule has 8 nitrogen and oxygen atoms in total. The predicted molar refractivity (Wildman–Crippen MR) is 130 cm³/mol. The number of benzene rings is 1. The normalized spacial score (nSPS) is 19.9. The molecule has 33 heavy (non-hydrogen) atoms. The summed E-state index contributed by atoms with van der Waals surface area (Å²) in [6.07, 6.45) is 2.87. The molecule has 1 fully saturated rings. The molecule has 1 atom stereocenters. The van der Waals surface area contributed by atoms with Crippen LogP contribution in [0, 0.1) is 0 Å². The van der Waals surface area contributed by atoms with Gasteiger partial charge in [0, 0.05) is 53.0 Å². The number of carbonyl (C=O) groups excluding carboxylic acids is 1. The number of rotatable bonds is 4. The van der Waals surface area contributed by atoms with Crippen molar-refractivity contribution >= 4 is 49.8 Å². The fraction of sp³-hybridized carbons (Fsp3) is 0.455. The smallest absolute Gasteiger partial charge is 0.282 e. The molecule has 11 heteroatoms. The molecule has 1 aromatic carbocycles. The van der Waals surface area contributed by atoms with Crippen molar-refractivity contribution < 1.29 is 13.2 Å². The van der Waals surface area contributed by atoms with E-state index in [0.29, 0.717) is 29.2 Å². The molecule has 2 aliphatic rings. The third kappa shape index (κ3) is 4.30. The molecule has 0 spiro atoms. The van der Waals surface area contributed by atoms with Crippen LogP contribution in [0.15, 0.2) is 29.3 Å². The number of aromatic nitrogens is 2. The van der Waals surface area contributed by atoms with Crippen LogP contribution in [0.3, 0.4) is 0 Å². The van der Waals surface area contributed by atoms with Gasteiger partial charge in [0.1, 0.15) is 5.03 Å². The van der Waals surface area contributed by atoms with Gasteiger partial charge in [0.15, 0.2) is 5.01 Å². The standard InChI is InChI=1S/C22H26ClN5O3S2/c1-26(2)16-4-6-18-19(13-16)32-21(25-18)22(29)27-7-9-28(10-8-27)33(30,31)20-12-14-11-15(23)3-5-17(14)24-20/h3,5,11-12,16,24H,4,6-10,13H2,1-2H3. The number of halogens is 1. The van der Waals surface area contributed by atoms with Crippen LogP contribution in [-0.2, 0) is 22.9 Å². The Morgan fingerprint density at radius 1 is 1.21 bits per heavy atom. The Labute approximate surface area is 202 Å². The highest BCUT2D eigenvalue weighted by atomic mass is 35.5. The SMILES string of the molecule is CN(C)C1CCc2nc(C(=O)N3CCN(S(=O)(=O)c4cc5cc(Cl)ccc5[nH]4)CC3)sc2C1. The lowest BCUT2D eigenvalue weighted by Gasteiger charge is -2.33. The first-order valence-corrected chi connectivity index (χ1v) is 13.6. The van der Waals surface area contributed by atoms with Crippen LogP contribution < -0.4 is 0 Å². The molecule has 1 amide bonds. The number of aromatic amines is 1. The number of nitrogens with one attached hydrogen (secondary N) is 1. The van der Waals surface area contributed by atoms with Crippen molar-refractivity contribution in [3.63, 3.8) is 0 Å². The number of piperazine rings is 1. The highest BCUT2D eigenvalue weighted by molar-refractivity contribution is 7.89. The minimum absolute atomic E-state index is 0.104. The molecule has 1 aliphatic heterocycles. The van der Waals surface area contributed by atoms with Gasteiger partial charge in [0.2, 0.25) is 0 Å². The molecule has 0 saturated carbocycles. The topological polar surface area (TPSA) is 89.6 Å². The Balaban J connectivity index is 1.26. The van der Waals surface area contributed by atoms with Gasteiger partial charge in [-0.1, -0.05) is 11.6 Å². The Morgan fingerprint density at radius 2 is 1.97 bits per heavy atom. The van der Waals surface area contributed by atoms with Gasteiger partial charge >= 0.3 is 0 Å². The molecule has 1 unspecified atom stereocenters. The summed E-state index contributed by atoms with van der Waals surface area (Å²) in [5.41, 5.74) is 1.76. The van der Waals surface area contributed by atoms with E-state index in [-0.39, 0.29) is 24.0 Å². The van der Waals surface area contributed by atoms with Gasteiger partial charge in [-0.3, -0.25) is 4.79 Å². The van der Waals surface area contributed by atoms with Crippen molar-refractivity contribution in [2.75, 3.05) is 40.3 Å². The van der Waals surface area contributed by atoms with Gasteiger partial charge in [-0.2, -0.15) is 4.31 Å². The van der Waals surface area contributed by atoms with Gasteiger partial charge in [-0.25, -0.2) is 13.4 Å². The second-order valence-corrected chi connectivity index (χ2v) is 12.2. The molecule has 3 heterocycles. The molecule has 3 aromatic rings. The molecule has 1 saturated heterocycles. The number of aryl methyl sites for hydroxylation is 1. The number of carbonyl (C=O) groups is 1. The summed E-state index contributed by atoms with van der Waals surface area (Å²) in [7, 11) is 0.481. The Hall–Kier alpha value is -1.98. The third-order valence-electron chi connectivity index (χ3n) is 6.53. The van der Waals surface area contributed by atoms with Crippen LogP contribution in [0.4, 0.5) is 0 Å². The van der Waals surface area contributed by atoms with Crippen LogP contribution >= 0.6 is 22.9 Å². The van der Waals surface area contributed by atoms with Gasteiger partial charge in [-0.05, 0) is 57.6 Å². The van der Waals surface area contributed by atoms with Crippen molar-refractivity contribution in [2.45, 2.75) is 30.3 Å². The molecule has 5 rings (SSSR count). The molecule has 2 aromatic heterocycles. The highest BCUT2D eigenvalue weighted by Gasteiger charge is 2.33. The number of H-pyrrole nitrogens is 1. The molecule has 1 N–H and O–H groups in total. The van der Waals surface area contributed by atoms with Gasteiger partial charge < -0.3 is 14.8 Å². The first kappa shape index (κ1) is 22.8. The second-order valence-electron chi connectivity index (χ2n) is 8.81. The Morgan fingerprint density at radius 3 is 2.70 bits per heavy atom. The maximum absolute atomic E-state index is 13.2. The van der Waals surface area contributed by atoms with E-state index in [1.165, 1.54) is 20.5 Å². The fourth-order valence-corrected chi connectivity index (χ4v) is 7.28. The van der Waals surface area contributed by atoms with E-state index in [0.717, 1.165) is 35.9 Å². The average Bonchev–Trinajstić information content (AvgIpc) is 3.42. The van der Waals surface area contributed by atoms with Gasteiger partial charge in [0.25, 0.3) is 15.9 Å². The molecule has 0 radical (unpaired) electrons. The maximum atomic E-state index is 13.2. The predicted octanol–water partition coefficient (Wildman–Crippen LogP) is 2.84. The Bertz CT molecular complexity index is 1310. The number of likely N-dealkylation sites (N-methyl/N-ethyl adjacent to an activating group) is 1. The molecular formula is C22H26ClN5O3S2. The zero-order valence-corrected chi connectivity index (χ0v) is 20.9. The van der Waals surface area contributed by atoms with E-state index in [2.05, 4.69) is 29.0 Å². The zero-order chi connectivity index (χ0) is 23.3. The monoisotopic (exact) mass is 507 g/mol. The summed E-state index contributed by atoms with van der Waals surface area (Å²) in [6.45, 7) is 1.18. The van der Waals surface area contributed by atoms with Crippen LogP contribution in [0.5, 0.6) is 0 Å². The van der Waals surface area contributed by atoms with E-state index in [4.69, 9.17) is 11.6 Å². The third-order valence-corrected chi connectivity index (χ3v) is 9.69. The summed E-state index contributed by atoms with van der Waals surface area (Å²) in [5, 5.41) is 1.96. The summed E-state index contributed by atoms with van der Waals surface area (Å²) >= 11 is 7.51. The molecule has 1 aliphatic carbocycles. The van der Waals surface area contributed by atoms with Crippen LogP contribution in [0.25, 0.3) is 10.9 Å². The zero-order valence-electron chi connectivity index (χ0n) is 18.5. The largest absolute Gasteiger partial charge is 0.345 e. The van der Waals surface area contributed by atoms with E-state index < -0.39 is 10.0 Å². The molecule has 176 valence electrons. The minimum atomic E-state index is -3.69. The number of fused-ring (bicyclic) bond motifs is 2. The quantitative estimate of drug-likeness (QED) is 0.586. The van der Waals surface area contributed by atoms with E-state index in [1.807, 2.05) is 0 Å². The molecule has 0 bridgehead atoms. The van der Waals surface area contributed by atoms with Crippen molar-refractivity contribution in [3.8, 4) is 0 Å². The van der Waals surface area contributed by atoms with E-state index in [1.54, 1.807) is 29.2 Å². The lowest BCUT2D eigenvalue weighted by Crippen LogP contribution is -2.50. The van der Waals surface area contributed by atoms with Gasteiger partial charge in [-0.15, -0.1) is 11.3 Å². The van der Waals surface area contributed by atoms with Crippen molar-refractivity contribution in [2.24, 2.45) is 0 Å². The van der Waals surface area contributed by atoms with Crippen molar-refractivity contribution in [1.29, 1.82) is 0 Å². The number of amides is 1. The van der Waals surface area contributed by atoms with Crippen LogP contribution in [-0.4, -0.2) is 84.7 Å². The van der Waals surface area contributed by atoms with Crippen molar-refractivity contribution in [1.82, 2.24) is 24.1 Å². The van der Waals surface area contributed by atoms with Gasteiger partial charge in [0.05, 0.1) is 5.69 Å². The summed E-state index contributed by atoms with van der Waals surface area (Å²) in [5.74, 6) is -0.104. The maximum Gasteiger partial charge on any atom is 0.282 e. The van der Waals surface area contributed by atoms with E-state index >= 15 is 0 Å².